The van der Waals surface area contributed by atoms with E-state index in [1.54, 1.807) is 0 Å². The number of aromatic amines is 2. The number of rotatable bonds is 11. The van der Waals surface area contributed by atoms with Gasteiger partial charge in [-0.1, -0.05) is 6.42 Å². The van der Waals surface area contributed by atoms with E-state index >= 15 is 0 Å². The number of aliphatic hydroxyl groups excluding tert-OH is 2. The van der Waals surface area contributed by atoms with Crippen molar-refractivity contribution in [1.29, 1.82) is 0 Å². The van der Waals surface area contributed by atoms with E-state index in [0.29, 0.717) is 18.5 Å². The molecule has 218 valence electrons. The maximum absolute atomic E-state index is 12.5. The third-order valence-electron chi connectivity index (χ3n) is 8.01. The number of anilines is 1. The lowest BCUT2D eigenvalue weighted by Gasteiger charge is -2.37. The number of imidazole rings is 1. The summed E-state index contributed by atoms with van der Waals surface area (Å²) in [6, 6.07) is 1.31. The van der Waals surface area contributed by atoms with Gasteiger partial charge >= 0.3 is 11.7 Å². The van der Waals surface area contributed by atoms with Crippen molar-refractivity contribution < 1.29 is 24.5 Å². The number of aliphatic hydroxyl groups is 2. The summed E-state index contributed by atoms with van der Waals surface area (Å²) in [5.41, 5.74) is 3.89. The molecule has 2 aromatic heterocycles. The Morgan fingerprint density at radius 2 is 1.77 bits per heavy atom. The number of aromatic nitrogens is 4. The molecule has 1 saturated carbocycles. The first-order valence-electron chi connectivity index (χ1n) is 13.6. The van der Waals surface area contributed by atoms with Gasteiger partial charge in [0.05, 0.1) is 0 Å². The second kappa shape index (κ2) is 12.6. The third kappa shape index (κ3) is 6.69. The summed E-state index contributed by atoms with van der Waals surface area (Å²) in [6.07, 6.45) is 2.34. The number of hydrogen-bond donors (Lipinski definition) is 5. The van der Waals surface area contributed by atoms with Crippen LogP contribution in [0, 0.1) is 0 Å². The van der Waals surface area contributed by atoms with E-state index in [1.165, 1.54) is 25.7 Å². The second-order valence-electron chi connectivity index (χ2n) is 10.9. The van der Waals surface area contributed by atoms with Crippen LogP contribution in [0.25, 0.3) is 11.2 Å². The Morgan fingerprint density at radius 1 is 1.08 bits per heavy atom. The SMILES string of the molecule is CN(C)[C@H]1CC[C@@H](N(C)CCCCCC(=O)OC[C@@H]2O[C@H](n3c(=O)[nH]c4c(=O)[nH]c(N)nc43)C(O)C2O)CC1. The number of carbonyl (C=O) groups is 1. The molecule has 6 N–H and O–H groups in total. The second-order valence-corrected chi connectivity index (χ2v) is 10.9. The number of nitrogen functional groups attached to an aromatic ring is 1. The number of carbonyl (C=O) groups excluding carboxylic acids is 1. The van der Waals surface area contributed by atoms with Crippen LogP contribution >= 0.6 is 0 Å². The largest absolute Gasteiger partial charge is 0.463 e. The van der Waals surface area contributed by atoms with Gasteiger partial charge in [-0.2, -0.15) is 4.98 Å². The highest BCUT2D eigenvalue weighted by Gasteiger charge is 2.45. The number of ether oxygens (including phenoxy) is 2. The molecule has 39 heavy (non-hydrogen) atoms. The van der Waals surface area contributed by atoms with Gasteiger partial charge in [-0.25, -0.2) is 9.36 Å². The van der Waals surface area contributed by atoms with Gasteiger partial charge < -0.3 is 35.2 Å². The summed E-state index contributed by atoms with van der Waals surface area (Å²) in [5.74, 6) is -0.651. The predicted octanol–water partition coefficient (Wildman–Crippen LogP) is -0.477. The van der Waals surface area contributed by atoms with Gasteiger partial charge in [-0.05, 0) is 66.2 Å². The van der Waals surface area contributed by atoms with E-state index in [-0.39, 0.29) is 30.1 Å². The van der Waals surface area contributed by atoms with Crippen LogP contribution in [0.2, 0.25) is 0 Å². The summed E-state index contributed by atoms with van der Waals surface area (Å²) in [4.78, 5) is 50.1. The quantitative estimate of drug-likeness (QED) is 0.179. The molecule has 1 aliphatic heterocycles. The number of unbranched alkanes of at least 4 members (excludes halogenated alkanes) is 2. The Balaban J connectivity index is 1.19. The van der Waals surface area contributed by atoms with Crippen molar-refractivity contribution in [2.75, 3.05) is 40.0 Å². The smallest absolute Gasteiger partial charge is 0.330 e. The molecule has 0 amide bonds. The Hall–Kier alpha value is -2.78. The third-order valence-corrected chi connectivity index (χ3v) is 8.01. The monoisotopic (exact) mass is 551 g/mol. The average molecular weight is 552 g/mol. The topological polar surface area (TPSA) is 192 Å². The molecule has 2 aliphatic rings. The van der Waals surface area contributed by atoms with Gasteiger partial charge in [0.2, 0.25) is 5.95 Å². The number of hydrogen-bond acceptors (Lipinski definition) is 11. The molecule has 3 heterocycles. The fourth-order valence-corrected chi connectivity index (χ4v) is 5.60. The molecule has 2 fully saturated rings. The van der Waals surface area contributed by atoms with E-state index in [1.807, 2.05) is 0 Å². The fourth-order valence-electron chi connectivity index (χ4n) is 5.60. The van der Waals surface area contributed by atoms with Gasteiger partial charge in [-0.15, -0.1) is 0 Å². The van der Waals surface area contributed by atoms with Gasteiger partial charge in [0.25, 0.3) is 5.56 Å². The number of nitrogens with one attached hydrogen (secondary N) is 2. The lowest BCUT2D eigenvalue weighted by atomic mass is 9.89. The molecule has 2 unspecified atom stereocenters. The Labute approximate surface area is 226 Å². The molecular formula is C25H41N7O7. The van der Waals surface area contributed by atoms with Crippen LogP contribution in [-0.4, -0.2) is 110 Å². The van der Waals surface area contributed by atoms with Crippen LogP contribution in [0.4, 0.5) is 5.95 Å². The van der Waals surface area contributed by atoms with E-state index in [9.17, 15) is 24.6 Å². The zero-order valence-electron chi connectivity index (χ0n) is 22.8. The van der Waals surface area contributed by atoms with Gasteiger partial charge in [0, 0.05) is 18.5 Å². The summed E-state index contributed by atoms with van der Waals surface area (Å²) >= 11 is 0. The van der Waals surface area contributed by atoms with Crippen molar-refractivity contribution in [1.82, 2.24) is 29.3 Å². The molecule has 0 radical (unpaired) electrons. The fraction of sp³-hybridized carbons (Fsp3) is 0.760. The maximum atomic E-state index is 12.5. The summed E-state index contributed by atoms with van der Waals surface area (Å²) in [6.45, 7) is 0.701. The standard InChI is InChI=1S/C25H41N7O7/c1-30(2)14-8-10-15(11-9-14)31(3)12-6-4-5-7-17(33)38-13-16-19(34)20(35)23(39-16)32-21-18(27-25(32)37)22(36)29-24(26)28-21/h14-16,19-20,23,34-35H,4-13H2,1-3H3,(H,27,37)(H3,26,28,29,36)/t14-,15+,16-,19?,20?,23-/m0/s1. The van der Waals surface area contributed by atoms with Crippen LogP contribution in [0.15, 0.2) is 9.59 Å². The van der Waals surface area contributed by atoms with E-state index in [0.717, 1.165) is 24.0 Å². The van der Waals surface area contributed by atoms with Gasteiger partial charge in [0.1, 0.15) is 24.9 Å². The van der Waals surface area contributed by atoms with E-state index in [2.05, 4.69) is 45.9 Å². The minimum atomic E-state index is -1.53. The van der Waals surface area contributed by atoms with Crippen LogP contribution < -0.4 is 17.0 Å². The lowest BCUT2D eigenvalue weighted by molar-refractivity contribution is -0.150. The molecule has 14 heteroatoms. The van der Waals surface area contributed by atoms with Crippen molar-refractivity contribution in [3.05, 3.63) is 20.8 Å². The number of nitrogens with zero attached hydrogens (tertiary/aromatic N) is 4. The molecule has 1 saturated heterocycles. The molecule has 14 nitrogen and oxygen atoms in total. The van der Waals surface area contributed by atoms with Crippen molar-refractivity contribution in [2.24, 2.45) is 0 Å². The summed E-state index contributed by atoms with van der Waals surface area (Å²) in [5, 5.41) is 21.0. The highest BCUT2D eigenvalue weighted by Crippen LogP contribution is 2.30. The van der Waals surface area contributed by atoms with Gasteiger partial charge in [-0.3, -0.25) is 19.6 Å². The van der Waals surface area contributed by atoms with Crippen molar-refractivity contribution >= 4 is 23.1 Å². The molecule has 0 bridgehead atoms. The average Bonchev–Trinajstić information content (AvgIpc) is 3.37. The van der Waals surface area contributed by atoms with E-state index < -0.39 is 41.8 Å². The van der Waals surface area contributed by atoms with E-state index in [4.69, 9.17) is 15.2 Å². The first kappa shape index (κ1) is 29.2. The zero-order valence-corrected chi connectivity index (χ0v) is 22.8. The maximum Gasteiger partial charge on any atom is 0.330 e. The number of nitrogens with two attached hydrogens (primary N) is 1. The zero-order chi connectivity index (χ0) is 28.3. The molecule has 0 spiro atoms. The van der Waals surface area contributed by atoms with Crippen molar-refractivity contribution in [3.63, 3.8) is 0 Å². The Bertz CT molecular complexity index is 1230. The molecule has 0 aromatic carbocycles. The summed E-state index contributed by atoms with van der Waals surface area (Å²) in [7, 11) is 6.47. The van der Waals surface area contributed by atoms with Crippen LogP contribution in [-0.2, 0) is 14.3 Å². The Morgan fingerprint density at radius 3 is 2.46 bits per heavy atom. The predicted molar refractivity (Wildman–Crippen MR) is 143 cm³/mol. The van der Waals surface area contributed by atoms with Crippen molar-refractivity contribution in [3.8, 4) is 0 Å². The van der Waals surface area contributed by atoms with Crippen LogP contribution in [0.3, 0.4) is 0 Å². The molecule has 1 aliphatic carbocycles. The van der Waals surface area contributed by atoms with Crippen molar-refractivity contribution in [2.45, 2.75) is 88.0 Å². The van der Waals surface area contributed by atoms with Crippen LogP contribution in [0.5, 0.6) is 0 Å². The molecular weight excluding hydrogens is 510 g/mol. The molecule has 2 aromatic rings. The number of H-pyrrole nitrogens is 2. The first-order chi connectivity index (χ1) is 18.6. The van der Waals surface area contributed by atoms with Gasteiger partial charge in [0.15, 0.2) is 17.4 Å². The minimum absolute atomic E-state index is 0.123. The summed E-state index contributed by atoms with van der Waals surface area (Å²) < 4.78 is 11.9. The number of fused-ring (bicyclic) bond motifs is 1. The lowest BCUT2D eigenvalue weighted by Crippen LogP contribution is -2.40. The normalized spacial score (nSPS) is 27.6. The molecule has 4 rings (SSSR count). The highest BCUT2D eigenvalue weighted by molar-refractivity contribution is 5.70. The number of esters is 1. The highest BCUT2D eigenvalue weighted by atomic mass is 16.6. The minimum Gasteiger partial charge on any atom is -0.463 e. The Kier molecular flexibility index (Phi) is 9.43. The first-order valence-corrected chi connectivity index (χ1v) is 13.6. The molecule has 4 atom stereocenters. The van der Waals surface area contributed by atoms with Crippen LogP contribution in [0.1, 0.15) is 57.6 Å².